The molecule has 1 saturated heterocycles. The van der Waals surface area contributed by atoms with Crippen molar-refractivity contribution in [1.82, 2.24) is 24.9 Å². The lowest BCUT2D eigenvalue weighted by Crippen LogP contribution is -2.46. The zero-order chi connectivity index (χ0) is 20.1. The Balaban J connectivity index is 1.55. The van der Waals surface area contributed by atoms with E-state index in [9.17, 15) is 9.59 Å². The number of urea groups is 1. The van der Waals surface area contributed by atoms with Crippen LogP contribution in [0.2, 0.25) is 0 Å². The second-order valence-corrected chi connectivity index (χ2v) is 7.42. The molecule has 10 heteroatoms. The van der Waals surface area contributed by atoms with Crippen molar-refractivity contribution >= 4 is 35.0 Å². The van der Waals surface area contributed by atoms with Crippen LogP contribution in [-0.2, 0) is 6.54 Å². The molecule has 3 rings (SSSR count). The van der Waals surface area contributed by atoms with Crippen LogP contribution in [0.5, 0.6) is 0 Å². The van der Waals surface area contributed by atoms with Gasteiger partial charge in [-0.3, -0.25) is 15.0 Å². The Morgan fingerprint density at radius 2 is 1.89 bits per heavy atom. The van der Waals surface area contributed by atoms with Crippen LogP contribution >= 0.6 is 11.5 Å². The monoisotopic (exact) mass is 403 g/mol. The molecule has 1 fully saturated rings. The average Bonchev–Trinajstić information content (AvgIpc) is 3.14. The Bertz CT molecular complexity index is 846. The number of aromatic nitrogens is 2. The Labute approximate surface area is 168 Å². The summed E-state index contributed by atoms with van der Waals surface area (Å²) < 4.78 is 4.26. The minimum Gasteiger partial charge on any atom is -0.368 e. The largest absolute Gasteiger partial charge is 0.368 e. The first-order valence-corrected chi connectivity index (χ1v) is 9.89. The van der Waals surface area contributed by atoms with E-state index in [4.69, 9.17) is 0 Å². The lowest BCUT2D eigenvalue weighted by atomic mass is 10.2. The fraction of sp³-hybridized carbons (Fsp3) is 0.444. The highest BCUT2D eigenvalue weighted by molar-refractivity contribution is 7.06. The van der Waals surface area contributed by atoms with Crippen molar-refractivity contribution in [3.63, 3.8) is 0 Å². The molecule has 28 heavy (non-hydrogen) atoms. The number of anilines is 2. The van der Waals surface area contributed by atoms with Crippen LogP contribution in [0.3, 0.4) is 0 Å². The second kappa shape index (κ2) is 8.98. The lowest BCUT2D eigenvalue weighted by Gasteiger charge is -2.36. The predicted octanol–water partition coefficient (Wildman–Crippen LogP) is 1.28. The molecule has 3 N–H and O–H groups in total. The molecule has 0 unspecified atom stereocenters. The zero-order valence-corrected chi connectivity index (χ0v) is 17.1. The summed E-state index contributed by atoms with van der Waals surface area (Å²) in [7, 11) is 3.18. The van der Waals surface area contributed by atoms with E-state index in [-0.39, 0.29) is 11.9 Å². The van der Waals surface area contributed by atoms with Crippen LogP contribution in [0.1, 0.15) is 21.1 Å². The number of carbonyl (C=O) groups excluding carboxylic acids is 2. The van der Waals surface area contributed by atoms with Gasteiger partial charge in [0, 0.05) is 51.7 Å². The van der Waals surface area contributed by atoms with Gasteiger partial charge in [-0.15, -0.1) is 0 Å². The highest BCUT2D eigenvalue weighted by Crippen LogP contribution is 2.22. The first kappa shape index (κ1) is 20.0. The Hall–Kier alpha value is -2.72. The summed E-state index contributed by atoms with van der Waals surface area (Å²) >= 11 is 1.41. The van der Waals surface area contributed by atoms with Crippen molar-refractivity contribution in [2.45, 2.75) is 13.5 Å². The van der Waals surface area contributed by atoms with E-state index in [1.54, 1.807) is 20.2 Å². The molecule has 0 aliphatic carbocycles. The Morgan fingerprint density at radius 1 is 1.14 bits per heavy atom. The van der Waals surface area contributed by atoms with E-state index in [1.165, 1.54) is 11.5 Å². The number of hydrogen-bond donors (Lipinski definition) is 3. The number of hydrogen-bond acceptors (Lipinski definition) is 7. The minimum absolute atomic E-state index is 0.172. The Morgan fingerprint density at radius 3 is 2.54 bits per heavy atom. The maximum Gasteiger partial charge on any atom is 0.320 e. The molecule has 1 aliphatic heterocycles. The third-order valence-corrected chi connectivity index (χ3v) is 5.41. The second-order valence-electron chi connectivity index (χ2n) is 6.53. The van der Waals surface area contributed by atoms with Gasteiger partial charge in [0.1, 0.15) is 11.5 Å². The lowest BCUT2D eigenvalue weighted by molar-refractivity contribution is 0.0958. The van der Waals surface area contributed by atoms with Gasteiger partial charge in [-0.25, -0.2) is 9.78 Å². The third-order valence-electron chi connectivity index (χ3n) is 4.64. The standard InChI is InChI=1S/C18H25N7O2S/c1-12-15(5-4-14(21-12)17(26)19-2)25-8-6-24(7-9-25)11-13-10-16(23-28-13)22-18(27)20-3/h4-5,10H,6-9,11H2,1-3H3,(H,19,26)(H2,20,22,23,27). The van der Waals surface area contributed by atoms with Crippen molar-refractivity contribution in [2.75, 3.05) is 50.5 Å². The van der Waals surface area contributed by atoms with Crippen LogP contribution in [0.15, 0.2) is 18.2 Å². The molecular weight excluding hydrogens is 378 g/mol. The molecule has 1 aliphatic rings. The molecule has 9 nitrogen and oxygen atoms in total. The molecule has 3 heterocycles. The molecule has 0 radical (unpaired) electrons. The summed E-state index contributed by atoms with van der Waals surface area (Å²) in [6.45, 7) is 6.38. The van der Waals surface area contributed by atoms with E-state index in [1.807, 2.05) is 19.1 Å². The van der Waals surface area contributed by atoms with Gasteiger partial charge in [0.25, 0.3) is 5.91 Å². The number of nitrogens with zero attached hydrogens (tertiary/aromatic N) is 4. The van der Waals surface area contributed by atoms with Gasteiger partial charge in [0.15, 0.2) is 0 Å². The SMILES string of the molecule is CNC(=O)Nc1cc(CN2CCN(c3ccc(C(=O)NC)nc3C)CC2)sn1. The maximum absolute atomic E-state index is 11.7. The smallest absolute Gasteiger partial charge is 0.320 e. The molecule has 150 valence electrons. The van der Waals surface area contributed by atoms with E-state index >= 15 is 0 Å². The topological polar surface area (TPSA) is 102 Å². The minimum atomic E-state index is -0.267. The highest BCUT2D eigenvalue weighted by Gasteiger charge is 2.20. The number of piperazine rings is 1. The zero-order valence-electron chi connectivity index (χ0n) is 16.3. The predicted molar refractivity (Wildman–Crippen MR) is 110 cm³/mol. The van der Waals surface area contributed by atoms with E-state index in [0.29, 0.717) is 11.5 Å². The highest BCUT2D eigenvalue weighted by atomic mass is 32.1. The molecule has 0 saturated carbocycles. The molecule has 0 aromatic carbocycles. The molecule has 2 aromatic heterocycles. The van der Waals surface area contributed by atoms with Crippen molar-refractivity contribution in [1.29, 1.82) is 0 Å². The molecule has 2 aromatic rings. The third kappa shape index (κ3) is 4.76. The number of carbonyl (C=O) groups is 2. The van der Waals surface area contributed by atoms with Crippen LogP contribution in [0.25, 0.3) is 0 Å². The number of nitrogens with one attached hydrogen (secondary N) is 3. The molecule has 0 bridgehead atoms. The van der Waals surface area contributed by atoms with Crippen molar-refractivity contribution in [2.24, 2.45) is 0 Å². The number of aryl methyl sites for hydroxylation is 1. The maximum atomic E-state index is 11.7. The van der Waals surface area contributed by atoms with Crippen LogP contribution in [0, 0.1) is 6.92 Å². The van der Waals surface area contributed by atoms with E-state index in [2.05, 4.69) is 35.1 Å². The molecule has 0 atom stereocenters. The van der Waals surface area contributed by atoms with Crippen LogP contribution in [0.4, 0.5) is 16.3 Å². The molecule has 0 spiro atoms. The van der Waals surface area contributed by atoms with Crippen molar-refractivity contribution in [3.05, 3.63) is 34.5 Å². The summed E-state index contributed by atoms with van der Waals surface area (Å²) in [6.07, 6.45) is 0. The first-order valence-electron chi connectivity index (χ1n) is 9.11. The summed E-state index contributed by atoms with van der Waals surface area (Å²) in [6, 6.07) is 5.39. The van der Waals surface area contributed by atoms with Crippen LogP contribution < -0.4 is 20.9 Å². The summed E-state index contributed by atoms with van der Waals surface area (Å²) in [5, 5.41) is 7.80. The quantitative estimate of drug-likeness (QED) is 0.695. The number of rotatable bonds is 5. The van der Waals surface area contributed by atoms with Gasteiger partial charge in [-0.1, -0.05) is 0 Å². The number of pyridine rings is 1. The van der Waals surface area contributed by atoms with Gasteiger partial charge < -0.3 is 15.5 Å². The number of amides is 3. The van der Waals surface area contributed by atoms with Crippen LogP contribution in [-0.4, -0.2) is 66.5 Å². The fourth-order valence-electron chi connectivity index (χ4n) is 3.13. The van der Waals surface area contributed by atoms with Gasteiger partial charge in [0.2, 0.25) is 0 Å². The van der Waals surface area contributed by atoms with Gasteiger partial charge in [0.05, 0.1) is 11.4 Å². The van der Waals surface area contributed by atoms with Crippen molar-refractivity contribution < 1.29 is 9.59 Å². The van der Waals surface area contributed by atoms with E-state index in [0.717, 1.165) is 49.0 Å². The molecular formula is C18H25N7O2S. The Kier molecular flexibility index (Phi) is 6.42. The fourth-order valence-corrected chi connectivity index (χ4v) is 3.85. The van der Waals surface area contributed by atoms with Gasteiger partial charge in [-0.05, 0) is 36.7 Å². The normalized spacial score (nSPS) is 14.6. The van der Waals surface area contributed by atoms with Gasteiger partial charge in [-0.2, -0.15) is 4.37 Å². The molecule has 3 amide bonds. The summed E-state index contributed by atoms with van der Waals surface area (Å²) in [4.78, 5) is 33.3. The van der Waals surface area contributed by atoms with E-state index < -0.39 is 0 Å². The van der Waals surface area contributed by atoms with Gasteiger partial charge >= 0.3 is 6.03 Å². The first-order chi connectivity index (χ1) is 13.5. The van der Waals surface area contributed by atoms with Crippen molar-refractivity contribution in [3.8, 4) is 0 Å². The summed E-state index contributed by atoms with van der Waals surface area (Å²) in [5.74, 6) is 0.408. The average molecular weight is 404 g/mol. The summed E-state index contributed by atoms with van der Waals surface area (Å²) in [5.41, 5.74) is 2.37.